The molecule has 0 aromatic rings. The minimum Gasteiger partial charge on any atom is -0.338 e. The van der Waals surface area contributed by atoms with Crippen LogP contribution in [0.15, 0.2) is 0 Å². The van der Waals surface area contributed by atoms with Crippen molar-refractivity contribution >= 4 is 12.1 Å². The fourth-order valence-electron chi connectivity index (χ4n) is 1.59. The van der Waals surface area contributed by atoms with Crippen LogP contribution in [0.5, 0.6) is 0 Å². The fraction of sp³-hybridized carbons (Fsp3) is 0.867. The van der Waals surface area contributed by atoms with Crippen LogP contribution in [0.3, 0.4) is 0 Å². The minimum absolute atomic E-state index is 0.0823. The molecule has 4 amide bonds. The summed E-state index contributed by atoms with van der Waals surface area (Å²) in [6.45, 7) is 16.0. The van der Waals surface area contributed by atoms with Crippen molar-refractivity contribution in [2.24, 2.45) is 5.41 Å². The van der Waals surface area contributed by atoms with Gasteiger partial charge in [0, 0.05) is 29.6 Å². The monoisotopic (exact) mass is 300 g/mol. The van der Waals surface area contributed by atoms with Crippen molar-refractivity contribution < 1.29 is 9.59 Å². The van der Waals surface area contributed by atoms with E-state index in [1.54, 1.807) is 0 Å². The van der Waals surface area contributed by atoms with Gasteiger partial charge in [0.15, 0.2) is 0 Å². The molecular formula is C15H32N4O2. The Bertz CT molecular complexity index is 363. The molecular weight excluding hydrogens is 268 g/mol. The van der Waals surface area contributed by atoms with Gasteiger partial charge in [-0.2, -0.15) is 0 Å². The molecule has 6 nitrogen and oxygen atoms in total. The van der Waals surface area contributed by atoms with E-state index in [-0.39, 0.29) is 29.6 Å². The van der Waals surface area contributed by atoms with Crippen molar-refractivity contribution in [2.45, 2.75) is 73.0 Å². The average molecular weight is 300 g/mol. The highest BCUT2D eigenvalue weighted by molar-refractivity contribution is 5.75. The second kappa shape index (κ2) is 7.52. The first kappa shape index (κ1) is 19.5. The van der Waals surface area contributed by atoms with Crippen LogP contribution in [0.25, 0.3) is 0 Å². The lowest BCUT2D eigenvalue weighted by atomic mass is 9.74. The maximum absolute atomic E-state index is 11.9. The lowest BCUT2D eigenvalue weighted by molar-refractivity contribution is 0.151. The zero-order valence-corrected chi connectivity index (χ0v) is 14.7. The standard InChI is InChI=1S/C15H32N4O2/c1-10(2)17-12(20)16-9-14(5,6)15(7,8)19-13(21)18-11(3)4/h10-11H,9H2,1-8H3,(H2,16,17,20)(H2,18,19,21). The Hall–Kier alpha value is -1.46. The van der Waals surface area contributed by atoms with Gasteiger partial charge in [0.2, 0.25) is 0 Å². The Labute approximate surface area is 128 Å². The summed E-state index contributed by atoms with van der Waals surface area (Å²) in [6.07, 6.45) is 0. The first-order valence-corrected chi connectivity index (χ1v) is 7.50. The van der Waals surface area contributed by atoms with Gasteiger partial charge >= 0.3 is 12.1 Å². The van der Waals surface area contributed by atoms with Crippen LogP contribution >= 0.6 is 0 Å². The first-order valence-electron chi connectivity index (χ1n) is 7.50. The zero-order chi connectivity index (χ0) is 16.8. The number of hydrogen-bond donors (Lipinski definition) is 4. The summed E-state index contributed by atoms with van der Waals surface area (Å²) in [5.41, 5.74) is -0.785. The van der Waals surface area contributed by atoms with Crippen molar-refractivity contribution in [1.82, 2.24) is 21.3 Å². The quantitative estimate of drug-likeness (QED) is 0.606. The largest absolute Gasteiger partial charge is 0.338 e. The number of carbonyl (C=O) groups excluding carboxylic acids is 2. The third-order valence-electron chi connectivity index (χ3n) is 3.65. The Morgan fingerprint density at radius 2 is 1.29 bits per heavy atom. The molecule has 0 aromatic heterocycles. The van der Waals surface area contributed by atoms with E-state index in [0.717, 1.165) is 0 Å². The van der Waals surface area contributed by atoms with E-state index >= 15 is 0 Å². The van der Waals surface area contributed by atoms with Gasteiger partial charge < -0.3 is 21.3 Å². The molecule has 0 aliphatic heterocycles. The van der Waals surface area contributed by atoms with Crippen LogP contribution in [-0.2, 0) is 0 Å². The molecule has 0 radical (unpaired) electrons. The number of urea groups is 2. The summed E-state index contributed by atoms with van der Waals surface area (Å²) in [7, 11) is 0. The van der Waals surface area contributed by atoms with E-state index < -0.39 is 5.54 Å². The molecule has 124 valence electrons. The highest BCUT2D eigenvalue weighted by Gasteiger charge is 2.38. The second-order valence-electron chi connectivity index (χ2n) is 7.24. The van der Waals surface area contributed by atoms with Crippen LogP contribution in [0.1, 0.15) is 55.4 Å². The molecule has 0 saturated carbocycles. The Kier molecular flexibility index (Phi) is 7.00. The van der Waals surface area contributed by atoms with E-state index in [4.69, 9.17) is 0 Å². The lowest BCUT2D eigenvalue weighted by Crippen LogP contribution is -2.60. The van der Waals surface area contributed by atoms with E-state index in [2.05, 4.69) is 21.3 Å². The molecule has 0 bridgehead atoms. The van der Waals surface area contributed by atoms with Gasteiger partial charge in [-0.05, 0) is 41.5 Å². The topological polar surface area (TPSA) is 82.3 Å². The van der Waals surface area contributed by atoms with Gasteiger partial charge in [0.1, 0.15) is 0 Å². The molecule has 0 aliphatic carbocycles. The summed E-state index contributed by atoms with van der Waals surface area (Å²) in [6, 6.07) is -0.217. The van der Waals surface area contributed by atoms with Gasteiger partial charge in [0.05, 0.1) is 0 Å². The van der Waals surface area contributed by atoms with Crippen molar-refractivity contribution in [1.29, 1.82) is 0 Å². The Morgan fingerprint density at radius 3 is 1.71 bits per heavy atom. The smallest absolute Gasteiger partial charge is 0.315 e. The number of amides is 4. The van der Waals surface area contributed by atoms with E-state index in [1.165, 1.54) is 0 Å². The fourth-order valence-corrected chi connectivity index (χ4v) is 1.59. The highest BCUT2D eigenvalue weighted by atomic mass is 16.2. The molecule has 0 heterocycles. The minimum atomic E-state index is -0.475. The van der Waals surface area contributed by atoms with Crippen molar-refractivity contribution in [3.05, 3.63) is 0 Å². The summed E-state index contributed by atoms with van der Waals surface area (Å²) in [4.78, 5) is 23.6. The summed E-state index contributed by atoms with van der Waals surface area (Å²) in [5.74, 6) is 0. The van der Waals surface area contributed by atoms with E-state index in [0.29, 0.717) is 6.54 Å². The molecule has 0 unspecified atom stereocenters. The van der Waals surface area contributed by atoms with Crippen LogP contribution in [0.4, 0.5) is 9.59 Å². The number of hydrogen-bond acceptors (Lipinski definition) is 2. The predicted molar refractivity (Wildman–Crippen MR) is 86.3 cm³/mol. The molecule has 4 N–H and O–H groups in total. The van der Waals surface area contributed by atoms with Crippen molar-refractivity contribution in [3.8, 4) is 0 Å². The zero-order valence-electron chi connectivity index (χ0n) is 14.7. The highest BCUT2D eigenvalue weighted by Crippen LogP contribution is 2.29. The Morgan fingerprint density at radius 1 is 0.857 bits per heavy atom. The normalized spacial score (nSPS) is 12.3. The summed E-state index contributed by atoms with van der Waals surface area (Å²) >= 11 is 0. The van der Waals surface area contributed by atoms with Gasteiger partial charge in [-0.25, -0.2) is 9.59 Å². The van der Waals surface area contributed by atoms with Gasteiger partial charge in [-0.15, -0.1) is 0 Å². The predicted octanol–water partition coefficient (Wildman–Crippen LogP) is 2.21. The van der Waals surface area contributed by atoms with Crippen LogP contribution in [-0.4, -0.2) is 36.2 Å². The van der Waals surface area contributed by atoms with Crippen LogP contribution < -0.4 is 21.3 Å². The number of nitrogens with one attached hydrogen (secondary N) is 4. The average Bonchev–Trinajstić information content (AvgIpc) is 2.23. The number of rotatable bonds is 6. The van der Waals surface area contributed by atoms with Crippen molar-refractivity contribution in [2.75, 3.05) is 6.54 Å². The third-order valence-corrected chi connectivity index (χ3v) is 3.65. The van der Waals surface area contributed by atoms with E-state index in [9.17, 15) is 9.59 Å². The summed E-state index contributed by atoms with van der Waals surface area (Å²) in [5, 5.41) is 11.4. The SMILES string of the molecule is CC(C)NC(=O)NCC(C)(C)C(C)(C)NC(=O)NC(C)C. The lowest BCUT2D eigenvalue weighted by Gasteiger charge is -2.42. The molecule has 0 fully saturated rings. The second-order valence-corrected chi connectivity index (χ2v) is 7.24. The maximum atomic E-state index is 11.9. The van der Waals surface area contributed by atoms with Gasteiger partial charge in [0.25, 0.3) is 0 Å². The molecule has 0 aromatic carbocycles. The third kappa shape index (κ3) is 7.20. The molecule has 0 spiro atoms. The molecule has 0 saturated heterocycles. The molecule has 21 heavy (non-hydrogen) atoms. The molecule has 0 atom stereocenters. The molecule has 0 rings (SSSR count). The Balaban J connectivity index is 4.57. The first-order chi connectivity index (χ1) is 9.37. The maximum Gasteiger partial charge on any atom is 0.315 e. The molecule has 6 heteroatoms. The summed E-state index contributed by atoms with van der Waals surface area (Å²) < 4.78 is 0. The van der Waals surface area contributed by atoms with Crippen LogP contribution in [0.2, 0.25) is 0 Å². The van der Waals surface area contributed by atoms with E-state index in [1.807, 2.05) is 55.4 Å². The van der Waals surface area contributed by atoms with Gasteiger partial charge in [-0.3, -0.25) is 0 Å². The van der Waals surface area contributed by atoms with Crippen molar-refractivity contribution in [3.63, 3.8) is 0 Å². The number of carbonyl (C=O) groups is 2. The van der Waals surface area contributed by atoms with Gasteiger partial charge in [-0.1, -0.05) is 13.8 Å². The van der Waals surface area contributed by atoms with Crippen LogP contribution in [0, 0.1) is 5.41 Å². The molecule has 0 aliphatic rings.